The third-order valence-corrected chi connectivity index (χ3v) is 5.13. The Balaban J connectivity index is 1.63. The summed E-state index contributed by atoms with van der Waals surface area (Å²) in [7, 11) is 0. The molecule has 0 aliphatic carbocycles. The molecule has 30 heavy (non-hydrogen) atoms. The highest BCUT2D eigenvalue weighted by molar-refractivity contribution is 5.78. The first-order valence-corrected chi connectivity index (χ1v) is 9.72. The van der Waals surface area contributed by atoms with Crippen LogP contribution in [0.3, 0.4) is 0 Å². The standard InChI is InChI=1S/C21H24F3N3O3/c1-2-27(18-4-3-10-25-20(18)21(22,23)24)16-9-11-26(12-16)19(29)14-30-17-7-5-15(13-28)6-8-17/h3-8,10,16,28H,2,9,11-14H2,1H3. The molecule has 1 atom stereocenters. The van der Waals surface area contributed by atoms with E-state index < -0.39 is 11.9 Å². The van der Waals surface area contributed by atoms with Crippen LogP contribution in [0, 0.1) is 0 Å². The van der Waals surface area contributed by atoms with E-state index in [-0.39, 0.29) is 30.9 Å². The highest BCUT2D eigenvalue weighted by Crippen LogP contribution is 2.36. The van der Waals surface area contributed by atoms with E-state index in [2.05, 4.69) is 4.98 Å². The van der Waals surface area contributed by atoms with Crippen LogP contribution < -0.4 is 9.64 Å². The Morgan fingerprint density at radius 2 is 2.03 bits per heavy atom. The zero-order valence-electron chi connectivity index (χ0n) is 16.6. The molecule has 0 saturated carbocycles. The lowest BCUT2D eigenvalue weighted by Crippen LogP contribution is -2.41. The first kappa shape index (κ1) is 21.9. The second-order valence-corrected chi connectivity index (χ2v) is 7.03. The summed E-state index contributed by atoms with van der Waals surface area (Å²) in [5.74, 6) is 0.290. The van der Waals surface area contributed by atoms with Crippen molar-refractivity contribution in [2.45, 2.75) is 32.2 Å². The molecule has 0 bridgehead atoms. The predicted octanol–water partition coefficient (Wildman–Crippen LogP) is 3.10. The zero-order valence-corrected chi connectivity index (χ0v) is 16.6. The summed E-state index contributed by atoms with van der Waals surface area (Å²) in [4.78, 5) is 19.3. The fourth-order valence-electron chi connectivity index (χ4n) is 3.62. The van der Waals surface area contributed by atoms with E-state index in [1.807, 2.05) is 0 Å². The van der Waals surface area contributed by atoms with Gasteiger partial charge in [0.15, 0.2) is 12.3 Å². The Hall–Kier alpha value is -2.81. The van der Waals surface area contributed by atoms with E-state index in [4.69, 9.17) is 9.84 Å². The minimum Gasteiger partial charge on any atom is -0.484 e. The molecule has 6 nitrogen and oxygen atoms in total. The van der Waals surface area contributed by atoms with E-state index in [9.17, 15) is 18.0 Å². The fraction of sp³-hybridized carbons (Fsp3) is 0.429. The number of aliphatic hydroxyl groups excluding tert-OH is 1. The van der Waals surface area contributed by atoms with Crippen LogP contribution in [-0.4, -0.2) is 53.2 Å². The Bertz CT molecular complexity index is 859. The van der Waals surface area contributed by atoms with Gasteiger partial charge >= 0.3 is 6.18 Å². The van der Waals surface area contributed by atoms with E-state index in [1.54, 1.807) is 41.0 Å². The third-order valence-electron chi connectivity index (χ3n) is 5.13. The van der Waals surface area contributed by atoms with Gasteiger partial charge in [-0.05, 0) is 43.2 Å². The second kappa shape index (κ2) is 9.34. The molecule has 1 aliphatic heterocycles. The van der Waals surface area contributed by atoms with Crippen LogP contribution in [0.5, 0.6) is 5.75 Å². The number of likely N-dealkylation sites (N-methyl/N-ethyl adjacent to an activating group) is 1. The summed E-state index contributed by atoms with van der Waals surface area (Å²) in [5.41, 5.74) is -0.136. The van der Waals surface area contributed by atoms with E-state index in [1.165, 1.54) is 12.1 Å². The van der Waals surface area contributed by atoms with Gasteiger partial charge in [-0.2, -0.15) is 13.2 Å². The van der Waals surface area contributed by atoms with Crippen LogP contribution in [-0.2, 0) is 17.6 Å². The van der Waals surface area contributed by atoms with Gasteiger partial charge in [0.2, 0.25) is 0 Å². The quantitative estimate of drug-likeness (QED) is 0.742. The molecule has 1 N–H and O–H groups in total. The van der Waals surface area contributed by atoms with Crippen molar-refractivity contribution in [3.63, 3.8) is 0 Å². The van der Waals surface area contributed by atoms with E-state index in [0.717, 1.165) is 11.8 Å². The molecule has 1 fully saturated rings. The van der Waals surface area contributed by atoms with Crippen molar-refractivity contribution in [1.29, 1.82) is 0 Å². The number of carbonyl (C=O) groups is 1. The molecule has 162 valence electrons. The van der Waals surface area contributed by atoms with Gasteiger partial charge in [0.25, 0.3) is 5.91 Å². The second-order valence-electron chi connectivity index (χ2n) is 7.03. The minimum atomic E-state index is -4.54. The number of ether oxygens (including phenoxy) is 1. The number of nitrogens with zero attached hydrogens (tertiary/aromatic N) is 3. The Kier molecular flexibility index (Phi) is 6.81. The summed E-state index contributed by atoms with van der Waals surface area (Å²) in [6, 6.07) is 9.43. The van der Waals surface area contributed by atoms with Crippen molar-refractivity contribution in [3.8, 4) is 5.75 Å². The normalized spacial score (nSPS) is 16.6. The van der Waals surface area contributed by atoms with Crippen molar-refractivity contribution in [2.24, 2.45) is 0 Å². The molecular formula is C21H24F3N3O3. The van der Waals surface area contributed by atoms with Gasteiger partial charge in [-0.15, -0.1) is 0 Å². The number of amides is 1. The lowest BCUT2D eigenvalue weighted by Gasteiger charge is -2.31. The van der Waals surface area contributed by atoms with E-state index in [0.29, 0.717) is 31.8 Å². The third kappa shape index (κ3) is 5.02. The number of aliphatic hydroxyl groups is 1. The molecule has 2 heterocycles. The molecule has 1 aromatic carbocycles. The van der Waals surface area contributed by atoms with Crippen molar-refractivity contribution in [1.82, 2.24) is 9.88 Å². The molecular weight excluding hydrogens is 399 g/mol. The number of hydrogen-bond donors (Lipinski definition) is 1. The van der Waals surface area contributed by atoms with Crippen LogP contribution in [0.2, 0.25) is 0 Å². The molecule has 1 aromatic heterocycles. The van der Waals surface area contributed by atoms with Crippen LogP contribution in [0.1, 0.15) is 24.6 Å². The van der Waals surface area contributed by atoms with Gasteiger partial charge in [-0.1, -0.05) is 12.1 Å². The molecule has 0 spiro atoms. The lowest BCUT2D eigenvalue weighted by molar-refractivity contribution is -0.140. The maximum Gasteiger partial charge on any atom is 0.435 e. The van der Waals surface area contributed by atoms with Gasteiger partial charge in [0.1, 0.15) is 5.75 Å². The number of hydrogen-bond acceptors (Lipinski definition) is 5. The topological polar surface area (TPSA) is 65.9 Å². The zero-order chi connectivity index (χ0) is 21.7. The summed E-state index contributed by atoms with van der Waals surface area (Å²) in [6.45, 7) is 2.71. The number of aromatic nitrogens is 1. The number of rotatable bonds is 7. The average molecular weight is 423 g/mol. The number of alkyl halides is 3. The van der Waals surface area contributed by atoms with Crippen molar-refractivity contribution in [3.05, 3.63) is 53.9 Å². The average Bonchev–Trinajstić information content (AvgIpc) is 3.22. The molecule has 1 unspecified atom stereocenters. The molecule has 1 amide bonds. The highest BCUT2D eigenvalue weighted by atomic mass is 19.4. The molecule has 0 radical (unpaired) electrons. The summed E-state index contributed by atoms with van der Waals surface area (Å²) >= 11 is 0. The fourth-order valence-corrected chi connectivity index (χ4v) is 3.62. The van der Waals surface area contributed by atoms with Gasteiger partial charge in [-0.3, -0.25) is 4.79 Å². The van der Waals surface area contributed by atoms with Crippen molar-refractivity contribution < 1.29 is 27.8 Å². The number of pyridine rings is 1. The Morgan fingerprint density at radius 3 is 2.67 bits per heavy atom. The van der Waals surface area contributed by atoms with Crippen LogP contribution in [0.15, 0.2) is 42.6 Å². The lowest BCUT2D eigenvalue weighted by atomic mass is 10.1. The summed E-state index contributed by atoms with van der Waals surface area (Å²) in [6.07, 6.45) is -2.84. The maximum absolute atomic E-state index is 13.4. The van der Waals surface area contributed by atoms with Gasteiger partial charge in [0, 0.05) is 31.9 Å². The number of halogens is 3. The first-order chi connectivity index (χ1) is 14.3. The van der Waals surface area contributed by atoms with Crippen LogP contribution in [0.4, 0.5) is 18.9 Å². The Labute approximate surface area is 172 Å². The van der Waals surface area contributed by atoms with Crippen molar-refractivity contribution in [2.75, 3.05) is 31.1 Å². The predicted molar refractivity (Wildman–Crippen MR) is 105 cm³/mol. The van der Waals surface area contributed by atoms with Crippen LogP contribution in [0.25, 0.3) is 0 Å². The maximum atomic E-state index is 13.4. The molecule has 9 heteroatoms. The number of likely N-dealkylation sites (tertiary alicyclic amines) is 1. The Morgan fingerprint density at radius 1 is 1.30 bits per heavy atom. The highest BCUT2D eigenvalue weighted by Gasteiger charge is 2.39. The molecule has 2 aromatic rings. The monoisotopic (exact) mass is 423 g/mol. The number of anilines is 1. The van der Waals surface area contributed by atoms with Gasteiger partial charge in [-0.25, -0.2) is 4.98 Å². The summed E-state index contributed by atoms with van der Waals surface area (Å²) in [5, 5.41) is 9.05. The number of benzene rings is 1. The smallest absolute Gasteiger partial charge is 0.435 e. The molecule has 1 saturated heterocycles. The van der Waals surface area contributed by atoms with Crippen LogP contribution >= 0.6 is 0 Å². The summed E-state index contributed by atoms with van der Waals surface area (Å²) < 4.78 is 45.6. The van der Waals surface area contributed by atoms with Crippen molar-refractivity contribution >= 4 is 11.6 Å². The number of carbonyl (C=O) groups excluding carboxylic acids is 1. The first-order valence-electron chi connectivity index (χ1n) is 9.72. The molecule has 1 aliphatic rings. The minimum absolute atomic E-state index is 0.0343. The molecule has 3 rings (SSSR count). The largest absolute Gasteiger partial charge is 0.484 e. The van der Waals surface area contributed by atoms with Gasteiger partial charge in [0.05, 0.1) is 12.3 Å². The SMILES string of the molecule is CCN(c1cccnc1C(F)(F)F)C1CCN(C(=O)COc2ccc(CO)cc2)C1. The van der Waals surface area contributed by atoms with Gasteiger partial charge < -0.3 is 19.6 Å². The van der Waals surface area contributed by atoms with E-state index >= 15 is 0 Å².